The Bertz CT molecular complexity index is 1040. The summed E-state index contributed by atoms with van der Waals surface area (Å²) < 4.78 is 6.40. The van der Waals surface area contributed by atoms with Crippen molar-refractivity contribution >= 4 is 12.1 Å². The van der Waals surface area contributed by atoms with Gasteiger partial charge < -0.3 is 14.6 Å². The molecule has 8 aliphatic rings. The van der Waals surface area contributed by atoms with Gasteiger partial charge in [0.25, 0.3) is 0 Å². The first kappa shape index (κ1) is 25.9. The number of carbonyl (C=O) groups excluding carboxylic acids is 2. The van der Waals surface area contributed by atoms with Crippen molar-refractivity contribution in [1.82, 2.24) is 0 Å². The zero-order valence-corrected chi connectivity index (χ0v) is 24.8. The van der Waals surface area contributed by atoms with Crippen LogP contribution in [0.4, 0.5) is 0 Å². The van der Waals surface area contributed by atoms with E-state index in [4.69, 9.17) is 4.74 Å². The molecule has 0 aromatic rings. The molecule has 8 bridgehead atoms. The van der Waals surface area contributed by atoms with Gasteiger partial charge >= 0.3 is 0 Å². The van der Waals surface area contributed by atoms with E-state index < -0.39 is 0 Å². The van der Waals surface area contributed by atoms with Crippen molar-refractivity contribution in [1.29, 1.82) is 0 Å². The minimum atomic E-state index is -0.236. The van der Waals surface area contributed by atoms with E-state index in [1.54, 1.807) is 0 Å². The van der Waals surface area contributed by atoms with Crippen LogP contribution in [0.25, 0.3) is 0 Å². The number of Topliss-reactive ketones (excluding diaryl/α,β-unsaturated/α-hetero) is 1. The molecule has 0 aromatic carbocycles. The number of aldehydes is 1. The molecule has 0 spiro atoms. The molecule has 0 radical (unpaired) electrons. The van der Waals surface area contributed by atoms with Crippen molar-refractivity contribution in [2.24, 2.45) is 106 Å². The van der Waals surface area contributed by atoms with E-state index in [2.05, 4.69) is 27.7 Å². The lowest BCUT2D eigenvalue weighted by Gasteiger charge is -2.40. The van der Waals surface area contributed by atoms with Crippen molar-refractivity contribution in [3.05, 3.63) is 0 Å². The second kappa shape index (κ2) is 8.65. The maximum Gasteiger partial charge on any atom is 0.164 e. The van der Waals surface area contributed by atoms with Crippen LogP contribution in [0.3, 0.4) is 0 Å². The Labute approximate surface area is 235 Å². The Balaban J connectivity index is 0.908. The van der Waals surface area contributed by atoms with Gasteiger partial charge in [0.15, 0.2) is 5.78 Å². The van der Waals surface area contributed by atoms with Gasteiger partial charge in [0.1, 0.15) is 12.9 Å². The monoisotopic (exact) mass is 536 g/mol. The van der Waals surface area contributed by atoms with Gasteiger partial charge in [-0.3, -0.25) is 4.79 Å². The molecule has 8 fully saturated rings. The largest absolute Gasteiger partial charge is 0.396 e. The molecule has 8 aliphatic carbocycles. The zero-order valence-electron chi connectivity index (χ0n) is 24.8. The summed E-state index contributed by atoms with van der Waals surface area (Å²) in [5, 5.41) is 10.1. The van der Waals surface area contributed by atoms with Gasteiger partial charge in [-0.05, 0) is 146 Å². The van der Waals surface area contributed by atoms with Gasteiger partial charge in [-0.15, -0.1) is 0 Å². The summed E-state index contributed by atoms with van der Waals surface area (Å²) in [5.41, 5.74) is -0.0992. The van der Waals surface area contributed by atoms with Crippen molar-refractivity contribution in [3.8, 4) is 0 Å². The lowest BCUT2D eigenvalue weighted by atomic mass is 9.66. The third-order valence-electron chi connectivity index (χ3n) is 15.7. The fourth-order valence-corrected chi connectivity index (χ4v) is 14.6. The summed E-state index contributed by atoms with van der Waals surface area (Å²) in [5.74, 6) is 11.5. The molecule has 1 N–H and O–H groups in total. The molecule has 0 heterocycles. The lowest BCUT2D eigenvalue weighted by molar-refractivity contribution is -0.137. The smallest absolute Gasteiger partial charge is 0.164 e. The van der Waals surface area contributed by atoms with E-state index in [9.17, 15) is 14.7 Å². The molecule has 0 aromatic heterocycles. The first-order valence-corrected chi connectivity index (χ1v) is 16.8. The number of aliphatic hydroxyl groups is 1. The molecule has 4 nitrogen and oxygen atoms in total. The summed E-state index contributed by atoms with van der Waals surface area (Å²) >= 11 is 0. The van der Waals surface area contributed by atoms with E-state index in [0.717, 1.165) is 60.9 Å². The standard InChI is InChI=1S/C35H52O4/c1-17-23-7-25(27(17)13-36)33-22-6-21(31(23)33)11-35(4,12-22)29(38)15-39-14-28-18(2)24-8-26(28)32-20-5-19(30(24)32)9-34(3,10-20)16-37/h13,17-28,30-33,37H,5-12,14-16H2,1-4H3. The van der Waals surface area contributed by atoms with Crippen molar-refractivity contribution in [2.75, 3.05) is 19.8 Å². The molecule has 18 unspecified atom stereocenters. The van der Waals surface area contributed by atoms with E-state index in [1.165, 1.54) is 44.8 Å². The average Bonchev–Trinajstić information content (AvgIpc) is 3.72. The van der Waals surface area contributed by atoms with Crippen LogP contribution in [0.2, 0.25) is 0 Å². The molecule has 8 rings (SSSR count). The lowest BCUT2D eigenvalue weighted by Crippen LogP contribution is -2.40. The minimum Gasteiger partial charge on any atom is -0.396 e. The van der Waals surface area contributed by atoms with Gasteiger partial charge in [-0.2, -0.15) is 0 Å². The molecule has 0 saturated heterocycles. The number of ketones is 1. The second-order valence-corrected chi connectivity index (χ2v) is 17.3. The summed E-state index contributed by atoms with van der Waals surface area (Å²) in [6.45, 7) is 10.8. The average molecular weight is 537 g/mol. The van der Waals surface area contributed by atoms with Gasteiger partial charge in [0.05, 0.1) is 6.61 Å². The van der Waals surface area contributed by atoms with Crippen molar-refractivity contribution in [2.45, 2.75) is 79.1 Å². The molecule has 8 saturated carbocycles. The molecule has 39 heavy (non-hydrogen) atoms. The predicted molar refractivity (Wildman–Crippen MR) is 149 cm³/mol. The van der Waals surface area contributed by atoms with E-state index >= 15 is 0 Å². The summed E-state index contributed by atoms with van der Waals surface area (Å²) in [6.07, 6.45) is 11.1. The molecule has 4 heteroatoms. The van der Waals surface area contributed by atoms with Gasteiger partial charge in [0, 0.05) is 17.9 Å². The highest BCUT2D eigenvalue weighted by Crippen LogP contribution is 2.72. The summed E-state index contributed by atoms with van der Waals surface area (Å²) in [6, 6.07) is 0. The Morgan fingerprint density at radius 2 is 1.33 bits per heavy atom. The van der Waals surface area contributed by atoms with Crippen LogP contribution >= 0.6 is 0 Å². The first-order valence-electron chi connectivity index (χ1n) is 16.8. The predicted octanol–water partition coefficient (Wildman–Crippen LogP) is 5.90. The minimum absolute atomic E-state index is 0.137. The van der Waals surface area contributed by atoms with E-state index in [1.807, 2.05) is 0 Å². The van der Waals surface area contributed by atoms with Crippen molar-refractivity contribution in [3.63, 3.8) is 0 Å². The summed E-state index contributed by atoms with van der Waals surface area (Å²) in [7, 11) is 0. The third kappa shape index (κ3) is 3.43. The Morgan fingerprint density at radius 3 is 1.95 bits per heavy atom. The number of hydrogen-bond donors (Lipinski definition) is 1. The van der Waals surface area contributed by atoms with Gasteiger partial charge in [-0.25, -0.2) is 0 Å². The third-order valence-corrected chi connectivity index (χ3v) is 15.7. The number of fused-ring (bicyclic) bond motifs is 18. The van der Waals surface area contributed by atoms with Crippen LogP contribution < -0.4 is 0 Å². The second-order valence-electron chi connectivity index (χ2n) is 17.3. The zero-order chi connectivity index (χ0) is 27.0. The molecular weight excluding hydrogens is 484 g/mol. The fraction of sp³-hybridized carbons (Fsp3) is 0.943. The SMILES string of the molecule is CC1C(C=O)C2CC1C1C3CC(CC(C)(C(=O)COCC4C(C)C5CC4C4C6CC(CC(C)(CO)C6)C54)C3)C21. The molecule has 0 aliphatic heterocycles. The van der Waals surface area contributed by atoms with Crippen LogP contribution in [0, 0.1) is 106 Å². The van der Waals surface area contributed by atoms with Crippen LogP contribution in [0.5, 0.6) is 0 Å². The quantitative estimate of drug-likeness (QED) is 0.325. The fourth-order valence-electron chi connectivity index (χ4n) is 14.6. The Kier molecular flexibility index (Phi) is 5.75. The van der Waals surface area contributed by atoms with Crippen LogP contribution in [0.15, 0.2) is 0 Å². The Morgan fingerprint density at radius 1 is 0.795 bits per heavy atom. The number of hydrogen-bond acceptors (Lipinski definition) is 4. The topological polar surface area (TPSA) is 63.6 Å². The molecule has 216 valence electrons. The van der Waals surface area contributed by atoms with E-state index in [0.29, 0.717) is 66.3 Å². The number of ether oxygens (including phenoxy) is 1. The van der Waals surface area contributed by atoms with Gasteiger partial charge in [0.2, 0.25) is 0 Å². The number of rotatable bonds is 7. The molecular formula is C35H52O4. The van der Waals surface area contributed by atoms with E-state index in [-0.39, 0.29) is 16.7 Å². The first-order chi connectivity index (χ1) is 18.7. The van der Waals surface area contributed by atoms with Crippen LogP contribution in [-0.4, -0.2) is 37.0 Å². The maximum absolute atomic E-state index is 13.8. The summed E-state index contributed by atoms with van der Waals surface area (Å²) in [4.78, 5) is 25.7. The van der Waals surface area contributed by atoms with Crippen molar-refractivity contribution < 1.29 is 19.4 Å². The molecule has 0 amide bonds. The van der Waals surface area contributed by atoms with Crippen LogP contribution in [-0.2, 0) is 14.3 Å². The van der Waals surface area contributed by atoms with Gasteiger partial charge in [-0.1, -0.05) is 27.7 Å². The van der Waals surface area contributed by atoms with Crippen LogP contribution in [0.1, 0.15) is 79.1 Å². The highest BCUT2D eigenvalue weighted by molar-refractivity contribution is 5.85. The highest BCUT2D eigenvalue weighted by Gasteiger charge is 2.67. The number of carbonyl (C=O) groups is 2. The maximum atomic E-state index is 13.8. The highest BCUT2D eigenvalue weighted by atomic mass is 16.5. The number of aliphatic hydroxyl groups excluding tert-OH is 1. The normalized spacial score (nSPS) is 61.5. The Hall–Kier alpha value is -0.740. The molecule has 18 atom stereocenters.